The number of phenols is 2. The minimum atomic E-state index is -3.76. The van der Waals surface area contributed by atoms with E-state index < -0.39 is 32.6 Å². The van der Waals surface area contributed by atoms with Gasteiger partial charge < -0.3 is 20.4 Å². The maximum absolute atomic E-state index is 12.8. The third kappa shape index (κ3) is 2.66. The van der Waals surface area contributed by atoms with Crippen molar-refractivity contribution in [3.63, 3.8) is 0 Å². The first-order valence-electron chi connectivity index (χ1n) is 7.72. The summed E-state index contributed by atoms with van der Waals surface area (Å²) in [5.74, 6) is -1.88. The SMILES string of the molecule is O=S(=O)(c1cc(O)n(-c2ccc(O)c(O)c2)c1O)C1CCCCC1. The van der Waals surface area contributed by atoms with E-state index in [0.29, 0.717) is 12.8 Å². The van der Waals surface area contributed by atoms with Crippen LogP contribution in [0.3, 0.4) is 0 Å². The van der Waals surface area contributed by atoms with Crippen LogP contribution >= 0.6 is 0 Å². The van der Waals surface area contributed by atoms with Crippen molar-refractivity contribution in [1.29, 1.82) is 0 Å². The van der Waals surface area contributed by atoms with Gasteiger partial charge in [0.05, 0.1) is 10.9 Å². The molecule has 4 N–H and O–H groups in total. The van der Waals surface area contributed by atoms with Crippen LogP contribution in [0.15, 0.2) is 29.2 Å². The summed E-state index contributed by atoms with van der Waals surface area (Å²) >= 11 is 0. The average molecular weight is 353 g/mol. The molecule has 0 saturated heterocycles. The molecule has 2 aromatic rings. The van der Waals surface area contributed by atoms with Crippen LogP contribution in [-0.4, -0.2) is 38.7 Å². The molecule has 0 amide bonds. The Morgan fingerprint density at radius 2 is 1.58 bits per heavy atom. The van der Waals surface area contributed by atoms with Crippen LogP contribution in [0.1, 0.15) is 32.1 Å². The summed E-state index contributed by atoms with van der Waals surface area (Å²) in [6.07, 6.45) is 3.71. The Labute approximate surface area is 139 Å². The van der Waals surface area contributed by atoms with Crippen molar-refractivity contribution in [2.45, 2.75) is 42.2 Å². The number of nitrogens with zero attached hydrogens (tertiary/aromatic N) is 1. The van der Waals surface area contributed by atoms with E-state index in [-0.39, 0.29) is 16.3 Å². The molecule has 1 heterocycles. The Bertz CT molecular complexity index is 865. The standard InChI is InChI=1S/C16H19NO6S/c18-12-7-6-10(8-13(12)19)17-15(20)9-14(16(17)21)24(22,23)11-4-2-1-3-5-11/h6-9,11,18-21H,1-5H2. The maximum Gasteiger partial charge on any atom is 0.217 e. The first-order valence-corrected chi connectivity index (χ1v) is 9.27. The number of sulfone groups is 1. The van der Waals surface area contributed by atoms with Crippen molar-refractivity contribution in [3.8, 4) is 28.9 Å². The number of hydrogen-bond donors (Lipinski definition) is 4. The van der Waals surface area contributed by atoms with Gasteiger partial charge in [-0.15, -0.1) is 0 Å². The summed E-state index contributed by atoms with van der Waals surface area (Å²) in [7, 11) is -3.76. The zero-order chi connectivity index (χ0) is 17.5. The quantitative estimate of drug-likeness (QED) is 0.629. The van der Waals surface area contributed by atoms with E-state index in [1.165, 1.54) is 12.1 Å². The third-order valence-electron chi connectivity index (χ3n) is 4.44. The lowest BCUT2D eigenvalue weighted by atomic mass is 10.0. The van der Waals surface area contributed by atoms with Crippen molar-refractivity contribution in [3.05, 3.63) is 24.3 Å². The minimum absolute atomic E-state index is 0.130. The first kappa shape index (κ1) is 16.5. The van der Waals surface area contributed by atoms with Gasteiger partial charge in [-0.05, 0) is 25.0 Å². The number of rotatable bonds is 3. The van der Waals surface area contributed by atoms with Crippen molar-refractivity contribution in [1.82, 2.24) is 4.57 Å². The number of aromatic hydroxyl groups is 4. The molecule has 1 aromatic carbocycles. The van der Waals surface area contributed by atoms with Crippen molar-refractivity contribution in [2.75, 3.05) is 0 Å². The fourth-order valence-corrected chi connectivity index (χ4v) is 5.06. The predicted molar refractivity (Wildman–Crippen MR) is 86.5 cm³/mol. The maximum atomic E-state index is 12.8. The molecule has 3 rings (SSSR count). The molecule has 130 valence electrons. The summed E-state index contributed by atoms with van der Waals surface area (Å²) in [5.41, 5.74) is 0.130. The Morgan fingerprint density at radius 3 is 2.21 bits per heavy atom. The average Bonchev–Trinajstić information content (AvgIpc) is 2.86. The van der Waals surface area contributed by atoms with Gasteiger partial charge in [0.1, 0.15) is 4.90 Å². The summed E-state index contributed by atoms with van der Waals surface area (Å²) in [6.45, 7) is 0. The molecular weight excluding hydrogens is 334 g/mol. The Hall–Kier alpha value is -2.35. The Kier molecular flexibility index (Phi) is 4.08. The van der Waals surface area contributed by atoms with Crippen molar-refractivity contribution < 1.29 is 28.8 Å². The van der Waals surface area contributed by atoms with E-state index in [0.717, 1.165) is 36.0 Å². The number of aromatic nitrogens is 1. The highest BCUT2D eigenvalue weighted by atomic mass is 32.2. The van der Waals surface area contributed by atoms with Crippen molar-refractivity contribution in [2.24, 2.45) is 0 Å². The van der Waals surface area contributed by atoms with Crippen LogP contribution in [0.5, 0.6) is 23.3 Å². The van der Waals surface area contributed by atoms with Gasteiger partial charge >= 0.3 is 0 Å². The van der Waals surface area contributed by atoms with E-state index in [1.54, 1.807) is 0 Å². The van der Waals surface area contributed by atoms with E-state index in [2.05, 4.69) is 0 Å². The molecular formula is C16H19NO6S. The molecule has 1 aromatic heterocycles. The van der Waals surface area contributed by atoms with Gasteiger partial charge in [0.25, 0.3) is 0 Å². The fraction of sp³-hybridized carbons (Fsp3) is 0.375. The Morgan fingerprint density at radius 1 is 0.917 bits per heavy atom. The molecule has 1 aliphatic carbocycles. The van der Waals surface area contributed by atoms with Crippen LogP contribution in [0.4, 0.5) is 0 Å². The predicted octanol–water partition coefficient (Wildman–Crippen LogP) is 2.41. The zero-order valence-corrected chi connectivity index (χ0v) is 13.7. The van der Waals surface area contributed by atoms with Crippen LogP contribution in [-0.2, 0) is 9.84 Å². The molecule has 1 aliphatic rings. The normalized spacial score (nSPS) is 16.3. The molecule has 0 atom stereocenters. The van der Waals surface area contributed by atoms with Crippen LogP contribution in [0.2, 0.25) is 0 Å². The van der Waals surface area contributed by atoms with E-state index >= 15 is 0 Å². The number of benzene rings is 1. The van der Waals surface area contributed by atoms with Crippen LogP contribution < -0.4 is 0 Å². The second-order valence-electron chi connectivity index (χ2n) is 6.00. The second kappa shape index (κ2) is 5.94. The van der Waals surface area contributed by atoms with Gasteiger partial charge in [-0.2, -0.15) is 0 Å². The highest BCUT2D eigenvalue weighted by Crippen LogP contribution is 2.40. The molecule has 0 radical (unpaired) electrons. The fourth-order valence-electron chi connectivity index (χ4n) is 3.13. The van der Waals surface area contributed by atoms with Gasteiger partial charge in [-0.3, -0.25) is 4.57 Å². The summed E-state index contributed by atoms with van der Waals surface area (Å²) in [5, 5.41) is 38.8. The van der Waals surface area contributed by atoms with Gasteiger partial charge in [0.2, 0.25) is 5.88 Å². The highest BCUT2D eigenvalue weighted by molar-refractivity contribution is 7.92. The minimum Gasteiger partial charge on any atom is -0.504 e. The lowest BCUT2D eigenvalue weighted by molar-refractivity contribution is 0.392. The number of hydrogen-bond acceptors (Lipinski definition) is 6. The zero-order valence-electron chi connectivity index (χ0n) is 12.9. The largest absolute Gasteiger partial charge is 0.504 e. The molecule has 7 nitrogen and oxygen atoms in total. The number of phenolic OH excluding ortho intramolecular Hbond substituents is 2. The highest BCUT2D eigenvalue weighted by Gasteiger charge is 2.34. The Balaban J connectivity index is 2.07. The molecule has 0 bridgehead atoms. The van der Waals surface area contributed by atoms with Gasteiger partial charge in [0.15, 0.2) is 27.2 Å². The molecule has 0 spiro atoms. The lowest BCUT2D eigenvalue weighted by Crippen LogP contribution is -2.23. The molecule has 1 fully saturated rings. The van der Waals surface area contributed by atoms with Gasteiger partial charge in [0, 0.05) is 12.1 Å². The van der Waals surface area contributed by atoms with E-state index in [4.69, 9.17) is 0 Å². The molecule has 24 heavy (non-hydrogen) atoms. The molecule has 0 aliphatic heterocycles. The molecule has 8 heteroatoms. The summed E-state index contributed by atoms with van der Waals surface area (Å²) in [6, 6.07) is 4.65. The van der Waals surface area contributed by atoms with Gasteiger partial charge in [-0.25, -0.2) is 8.42 Å². The lowest BCUT2D eigenvalue weighted by Gasteiger charge is -2.21. The topological polar surface area (TPSA) is 120 Å². The van der Waals surface area contributed by atoms with Crippen LogP contribution in [0, 0.1) is 0 Å². The second-order valence-corrected chi connectivity index (χ2v) is 8.20. The monoisotopic (exact) mass is 353 g/mol. The van der Waals surface area contributed by atoms with Crippen molar-refractivity contribution >= 4 is 9.84 Å². The van der Waals surface area contributed by atoms with Crippen LogP contribution in [0.25, 0.3) is 5.69 Å². The van der Waals surface area contributed by atoms with E-state index in [1.807, 2.05) is 0 Å². The molecule has 0 unspecified atom stereocenters. The summed E-state index contributed by atoms with van der Waals surface area (Å²) in [4.78, 5) is -0.320. The third-order valence-corrected chi connectivity index (χ3v) is 6.70. The van der Waals surface area contributed by atoms with E-state index in [9.17, 15) is 28.8 Å². The first-order chi connectivity index (χ1) is 11.3. The summed E-state index contributed by atoms with van der Waals surface area (Å²) < 4.78 is 26.4. The molecule has 1 saturated carbocycles. The smallest absolute Gasteiger partial charge is 0.217 e. The van der Waals surface area contributed by atoms with Gasteiger partial charge in [-0.1, -0.05) is 19.3 Å².